The number of hydrogen-bond donors (Lipinski definition) is 1. The van der Waals surface area contributed by atoms with Crippen LogP contribution in [0.25, 0.3) is 0 Å². The van der Waals surface area contributed by atoms with Crippen molar-refractivity contribution in [2.24, 2.45) is 5.10 Å². The van der Waals surface area contributed by atoms with Gasteiger partial charge >= 0.3 is 0 Å². The van der Waals surface area contributed by atoms with Crippen molar-refractivity contribution < 1.29 is 19.0 Å². The Balaban J connectivity index is 1.75. The third-order valence-electron chi connectivity index (χ3n) is 4.58. The van der Waals surface area contributed by atoms with E-state index in [4.69, 9.17) is 14.2 Å². The van der Waals surface area contributed by atoms with E-state index in [0.717, 1.165) is 20.1 Å². The number of nitrogens with one attached hydrogen (secondary N) is 1. The van der Waals surface area contributed by atoms with E-state index in [-0.39, 0.29) is 5.91 Å². The number of aryl methyl sites for hydroxylation is 1. The summed E-state index contributed by atoms with van der Waals surface area (Å²) in [4.78, 5) is 12.5. The summed E-state index contributed by atoms with van der Waals surface area (Å²) in [6.07, 6.45) is 1.54. The first-order valence-corrected chi connectivity index (χ1v) is 11.8. The molecule has 0 spiro atoms. The second-order valence-electron chi connectivity index (χ2n) is 7.08. The van der Waals surface area contributed by atoms with Crippen molar-refractivity contribution in [3.05, 3.63) is 85.8 Å². The van der Waals surface area contributed by atoms with Gasteiger partial charge in [-0.05, 0) is 71.2 Å². The third-order valence-corrected chi connectivity index (χ3v) is 5.67. The van der Waals surface area contributed by atoms with E-state index in [1.54, 1.807) is 24.4 Å². The Hall–Kier alpha value is -2.84. The van der Waals surface area contributed by atoms with Crippen molar-refractivity contribution in [3.63, 3.8) is 0 Å². The summed E-state index contributed by atoms with van der Waals surface area (Å²) in [5.74, 6) is 1.27. The number of hydrazone groups is 1. The summed E-state index contributed by atoms with van der Waals surface area (Å²) in [5.41, 5.74) is 5.88. The largest absolute Gasteiger partial charge is 0.496 e. The highest BCUT2D eigenvalue weighted by atomic mass is 79.9. The van der Waals surface area contributed by atoms with E-state index in [9.17, 15) is 4.79 Å². The summed E-state index contributed by atoms with van der Waals surface area (Å²) in [7, 11) is 1.51. The molecule has 0 fully saturated rings. The molecule has 3 aromatic carbocycles. The second kappa shape index (κ2) is 11.9. The van der Waals surface area contributed by atoms with Crippen LogP contribution in [0.2, 0.25) is 0 Å². The summed E-state index contributed by atoms with van der Waals surface area (Å²) in [6.45, 7) is 4.85. The summed E-state index contributed by atoms with van der Waals surface area (Å²) >= 11 is 6.93. The minimum Gasteiger partial charge on any atom is -0.496 e. The fourth-order valence-corrected chi connectivity index (χ4v) is 4.04. The molecule has 0 aliphatic rings. The molecule has 6 nitrogen and oxygen atoms in total. The lowest BCUT2D eigenvalue weighted by atomic mass is 10.1. The van der Waals surface area contributed by atoms with E-state index in [2.05, 4.69) is 48.5 Å². The molecule has 0 unspecified atom stereocenters. The fourth-order valence-electron chi connectivity index (χ4n) is 3.11. The quantitative estimate of drug-likeness (QED) is 0.241. The monoisotopic (exact) mass is 574 g/mol. The fraction of sp³-hybridized carbons (Fsp3) is 0.200. The van der Waals surface area contributed by atoms with Crippen LogP contribution in [0.1, 0.15) is 34.0 Å². The van der Waals surface area contributed by atoms with Gasteiger partial charge in [-0.1, -0.05) is 45.8 Å². The van der Waals surface area contributed by atoms with Crippen molar-refractivity contribution >= 4 is 44.0 Å². The molecule has 0 atom stereocenters. The van der Waals surface area contributed by atoms with Gasteiger partial charge in [-0.25, -0.2) is 5.43 Å². The van der Waals surface area contributed by atoms with E-state index >= 15 is 0 Å². The van der Waals surface area contributed by atoms with Crippen LogP contribution >= 0.6 is 31.9 Å². The number of ether oxygens (including phenoxy) is 3. The third kappa shape index (κ3) is 6.82. The van der Waals surface area contributed by atoms with Crippen molar-refractivity contribution in [2.45, 2.75) is 20.5 Å². The zero-order chi connectivity index (χ0) is 23.8. The van der Waals surface area contributed by atoms with Crippen molar-refractivity contribution in [1.29, 1.82) is 0 Å². The van der Waals surface area contributed by atoms with Gasteiger partial charge in [0.1, 0.15) is 12.4 Å². The molecule has 0 aliphatic carbocycles. The molecular weight excluding hydrogens is 552 g/mol. The number of carbonyl (C=O) groups excluding carboxylic acids is 1. The lowest BCUT2D eigenvalue weighted by Gasteiger charge is -2.15. The molecule has 172 valence electrons. The molecule has 1 N–H and O–H groups in total. The Labute approximate surface area is 210 Å². The maximum atomic E-state index is 12.5. The Kier molecular flexibility index (Phi) is 8.91. The summed E-state index contributed by atoms with van der Waals surface area (Å²) < 4.78 is 18.6. The van der Waals surface area contributed by atoms with E-state index < -0.39 is 0 Å². The topological polar surface area (TPSA) is 69.2 Å². The molecular formula is C25H24Br2N2O4. The zero-order valence-corrected chi connectivity index (χ0v) is 21.7. The smallest absolute Gasteiger partial charge is 0.275 e. The molecule has 8 heteroatoms. The van der Waals surface area contributed by atoms with Crippen LogP contribution in [-0.4, -0.2) is 25.8 Å². The number of benzene rings is 3. The van der Waals surface area contributed by atoms with Gasteiger partial charge in [-0.15, -0.1) is 0 Å². The van der Waals surface area contributed by atoms with Crippen molar-refractivity contribution in [1.82, 2.24) is 5.43 Å². The molecule has 33 heavy (non-hydrogen) atoms. The van der Waals surface area contributed by atoms with E-state index in [1.165, 1.54) is 12.7 Å². The lowest BCUT2D eigenvalue weighted by Crippen LogP contribution is -2.18. The average molecular weight is 576 g/mol. The molecule has 0 aromatic heterocycles. The molecule has 1 amide bonds. The van der Waals surface area contributed by atoms with Gasteiger partial charge in [0, 0.05) is 4.47 Å². The molecule has 0 saturated heterocycles. The summed E-state index contributed by atoms with van der Waals surface area (Å²) in [5, 5.41) is 4.09. The minimum atomic E-state index is -0.383. The van der Waals surface area contributed by atoms with Crippen molar-refractivity contribution in [3.8, 4) is 17.2 Å². The maximum Gasteiger partial charge on any atom is 0.275 e. The number of hydrogen-bond acceptors (Lipinski definition) is 5. The Bertz CT molecular complexity index is 1170. The maximum absolute atomic E-state index is 12.5. The van der Waals surface area contributed by atoms with Gasteiger partial charge in [0.25, 0.3) is 5.91 Å². The number of carbonyl (C=O) groups is 1. The number of halogens is 2. The van der Waals surface area contributed by atoms with Crippen LogP contribution in [0.15, 0.2) is 68.6 Å². The van der Waals surface area contributed by atoms with Crippen LogP contribution < -0.4 is 19.6 Å². The Morgan fingerprint density at radius 3 is 2.61 bits per heavy atom. The predicted molar refractivity (Wildman–Crippen MR) is 137 cm³/mol. The predicted octanol–water partition coefficient (Wildman–Crippen LogP) is 6.27. The second-order valence-corrected chi connectivity index (χ2v) is 8.85. The van der Waals surface area contributed by atoms with Crippen LogP contribution in [0.3, 0.4) is 0 Å². The van der Waals surface area contributed by atoms with E-state index in [0.29, 0.717) is 36.0 Å². The molecule has 0 saturated carbocycles. The van der Waals surface area contributed by atoms with Crippen molar-refractivity contribution in [2.75, 3.05) is 13.7 Å². The van der Waals surface area contributed by atoms with Gasteiger partial charge in [-0.3, -0.25) is 4.79 Å². The molecule has 3 aromatic rings. The van der Waals surface area contributed by atoms with Gasteiger partial charge in [0.15, 0.2) is 11.5 Å². The number of methoxy groups -OCH3 is 1. The zero-order valence-electron chi connectivity index (χ0n) is 18.5. The highest BCUT2D eigenvalue weighted by Crippen LogP contribution is 2.37. The first-order chi connectivity index (χ1) is 15.9. The van der Waals surface area contributed by atoms with Crippen LogP contribution in [0, 0.1) is 6.92 Å². The Morgan fingerprint density at radius 1 is 1.06 bits per heavy atom. The standard InChI is InChI=1S/C25H24Br2N2O4/c1-4-32-23-12-18(11-21(27)24(23)33-15-17-7-5-6-16(2)10-17)14-28-29-25(30)20-13-19(26)8-9-22(20)31-3/h5-14H,4,15H2,1-3H3,(H,29,30)/b28-14-. The minimum absolute atomic E-state index is 0.375. The highest BCUT2D eigenvalue weighted by molar-refractivity contribution is 9.10. The van der Waals surface area contributed by atoms with Gasteiger partial charge < -0.3 is 14.2 Å². The lowest BCUT2D eigenvalue weighted by molar-refractivity contribution is 0.0952. The molecule has 0 aliphatic heterocycles. The summed E-state index contributed by atoms with van der Waals surface area (Å²) in [6, 6.07) is 17.0. The normalized spacial score (nSPS) is 10.8. The molecule has 0 bridgehead atoms. The number of rotatable bonds is 9. The van der Waals surface area contributed by atoms with Crippen LogP contribution in [0.5, 0.6) is 17.2 Å². The van der Waals surface area contributed by atoms with Gasteiger partial charge in [0.2, 0.25) is 0 Å². The molecule has 3 rings (SSSR count). The SMILES string of the molecule is CCOc1cc(/C=N\NC(=O)c2cc(Br)ccc2OC)cc(Br)c1OCc1cccc(C)c1. The number of amides is 1. The van der Waals surface area contributed by atoms with Gasteiger partial charge in [0.05, 0.1) is 30.0 Å². The van der Waals surface area contributed by atoms with Gasteiger partial charge in [-0.2, -0.15) is 5.10 Å². The average Bonchev–Trinajstić information content (AvgIpc) is 2.78. The van der Waals surface area contributed by atoms with Crippen LogP contribution in [-0.2, 0) is 6.61 Å². The molecule has 0 heterocycles. The first-order valence-electron chi connectivity index (χ1n) is 10.2. The van der Waals surface area contributed by atoms with Crippen LogP contribution in [0.4, 0.5) is 0 Å². The highest BCUT2D eigenvalue weighted by Gasteiger charge is 2.14. The number of nitrogens with zero attached hydrogens (tertiary/aromatic N) is 1. The van der Waals surface area contributed by atoms with E-state index in [1.807, 2.05) is 44.2 Å². The molecule has 0 radical (unpaired) electrons. The Morgan fingerprint density at radius 2 is 1.88 bits per heavy atom. The first kappa shape index (κ1) is 24.8.